The van der Waals surface area contributed by atoms with Crippen LogP contribution in [0, 0.1) is 11.8 Å². The van der Waals surface area contributed by atoms with Crippen LogP contribution in [-0.4, -0.2) is 44.1 Å². The van der Waals surface area contributed by atoms with Crippen LogP contribution < -0.4 is 9.62 Å². The minimum Gasteiger partial charge on any atom is -0.381 e. The van der Waals surface area contributed by atoms with E-state index in [9.17, 15) is 13.2 Å². The largest absolute Gasteiger partial charge is 0.381 e. The molecule has 0 bridgehead atoms. The molecule has 1 aliphatic carbocycles. The first-order chi connectivity index (χ1) is 18.0. The van der Waals surface area contributed by atoms with Crippen molar-refractivity contribution in [2.75, 3.05) is 29.9 Å². The monoisotopic (exact) mass is 538 g/mol. The second-order valence-electron chi connectivity index (χ2n) is 11.7. The number of fused-ring (bicyclic) bond motifs is 1. The highest BCUT2D eigenvalue weighted by Crippen LogP contribution is 2.34. The van der Waals surface area contributed by atoms with Gasteiger partial charge in [-0.3, -0.25) is 9.10 Å². The SMILES string of the molecule is CN(c1ccc2c(c1)nc(C(C)(C)C)n2CC1CCOCC1)S(=O)(=O)c1ccc(NC(=O)CC2CC2)cc1. The van der Waals surface area contributed by atoms with Crippen molar-refractivity contribution in [1.29, 1.82) is 0 Å². The predicted molar refractivity (Wildman–Crippen MR) is 150 cm³/mol. The number of ether oxygens (including phenoxy) is 1. The van der Waals surface area contributed by atoms with Gasteiger partial charge in [-0.15, -0.1) is 0 Å². The van der Waals surface area contributed by atoms with E-state index in [1.807, 2.05) is 18.2 Å². The summed E-state index contributed by atoms with van der Waals surface area (Å²) in [5.74, 6) is 2.00. The average Bonchev–Trinajstić information content (AvgIpc) is 3.62. The molecule has 1 aromatic heterocycles. The van der Waals surface area contributed by atoms with Crippen molar-refractivity contribution >= 4 is 38.3 Å². The molecule has 1 N–H and O–H groups in total. The molecule has 8 nitrogen and oxygen atoms in total. The second kappa shape index (κ2) is 10.3. The van der Waals surface area contributed by atoms with Crippen LogP contribution in [-0.2, 0) is 31.5 Å². The summed E-state index contributed by atoms with van der Waals surface area (Å²) < 4.78 is 36.0. The van der Waals surface area contributed by atoms with Crippen molar-refractivity contribution < 1.29 is 17.9 Å². The third-order valence-electron chi connectivity index (χ3n) is 7.52. The number of hydrogen-bond acceptors (Lipinski definition) is 5. The van der Waals surface area contributed by atoms with Crippen LogP contribution >= 0.6 is 0 Å². The number of carbonyl (C=O) groups is 1. The predicted octanol–water partition coefficient (Wildman–Crippen LogP) is 5.32. The molecule has 0 radical (unpaired) electrons. The van der Waals surface area contributed by atoms with Crippen molar-refractivity contribution in [3.8, 4) is 0 Å². The zero-order valence-corrected chi connectivity index (χ0v) is 23.6. The molecule has 2 fully saturated rings. The van der Waals surface area contributed by atoms with Gasteiger partial charge in [-0.1, -0.05) is 20.8 Å². The molecular formula is C29H38N4O4S. The highest BCUT2D eigenvalue weighted by Gasteiger charge is 2.28. The van der Waals surface area contributed by atoms with Gasteiger partial charge in [0.2, 0.25) is 5.91 Å². The first kappa shape index (κ1) is 26.7. The normalized spacial score (nSPS) is 17.1. The third-order valence-corrected chi connectivity index (χ3v) is 9.32. The lowest BCUT2D eigenvalue weighted by Crippen LogP contribution is -2.26. The van der Waals surface area contributed by atoms with Crippen LogP contribution in [0.25, 0.3) is 11.0 Å². The molecular weight excluding hydrogens is 500 g/mol. The topological polar surface area (TPSA) is 93.5 Å². The first-order valence-corrected chi connectivity index (χ1v) is 14.9. The van der Waals surface area contributed by atoms with Gasteiger partial charge < -0.3 is 14.6 Å². The van der Waals surface area contributed by atoms with E-state index in [2.05, 4.69) is 30.7 Å². The molecule has 1 saturated heterocycles. The van der Waals surface area contributed by atoms with E-state index >= 15 is 0 Å². The number of anilines is 2. The van der Waals surface area contributed by atoms with Crippen molar-refractivity contribution in [3.63, 3.8) is 0 Å². The van der Waals surface area contributed by atoms with Crippen molar-refractivity contribution in [3.05, 3.63) is 48.3 Å². The van der Waals surface area contributed by atoms with Crippen LogP contribution in [0.15, 0.2) is 47.4 Å². The maximum Gasteiger partial charge on any atom is 0.264 e. The van der Waals surface area contributed by atoms with Crippen LogP contribution in [0.2, 0.25) is 0 Å². The fraction of sp³-hybridized carbons (Fsp3) is 0.517. The summed E-state index contributed by atoms with van der Waals surface area (Å²) >= 11 is 0. The maximum atomic E-state index is 13.5. The lowest BCUT2D eigenvalue weighted by atomic mass is 9.94. The Labute approximate surface area is 225 Å². The minimum absolute atomic E-state index is 0.0283. The summed E-state index contributed by atoms with van der Waals surface area (Å²) in [6.07, 6.45) is 4.80. The van der Waals surface area contributed by atoms with Gasteiger partial charge in [0.1, 0.15) is 5.82 Å². The van der Waals surface area contributed by atoms with Gasteiger partial charge in [-0.25, -0.2) is 13.4 Å². The Kier molecular flexibility index (Phi) is 7.26. The number of hydrogen-bond donors (Lipinski definition) is 1. The van der Waals surface area contributed by atoms with E-state index in [1.165, 1.54) is 16.4 Å². The molecule has 5 rings (SSSR count). The second-order valence-corrected chi connectivity index (χ2v) is 13.7. The number of rotatable bonds is 8. The standard InChI is InChI=1S/C29H38N4O4S/c1-29(2,3)28-31-25-18-23(9-12-26(25)33(28)19-21-13-15-37-16-14-21)32(4)38(35,36)24-10-7-22(8-11-24)30-27(34)17-20-5-6-20/h7-12,18,20-21H,5-6,13-17,19H2,1-4H3,(H,30,34). The molecule has 1 saturated carbocycles. The molecule has 2 aliphatic rings. The Hall–Kier alpha value is -2.91. The minimum atomic E-state index is -3.80. The number of carbonyl (C=O) groups excluding carboxylic acids is 1. The molecule has 0 spiro atoms. The van der Waals surface area contributed by atoms with E-state index in [4.69, 9.17) is 9.72 Å². The van der Waals surface area contributed by atoms with Gasteiger partial charge >= 0.3 is 0 Å². The Balaban J connectivity index is 1.38. The van der Waals surface area contributed by atoms with Crippen LogP contribution in [0.4, 0.5) is 11.4 Å². The molecule has 3 aromatic rings. The van der Waals surface area contributed by atoms with E-state index in [1.54, 1.807) is 19.2 Å². The Morgan fingerprint density at radius 2 is 1.74 bits per heavy atom. The van der Waals surface area contributed by atoms with Crippen LogP contribution in [0.5, 0.6) is 0 Å². The van der Waals surface area contributed by atoms with Crippen LogP contribution in [0.3, 0.4) is 0 Å². The quantitative estimate of drug-likeness (QED) is 0.419. The number of nitrogens with zero attached hydrogens (tertiary/aromatic N) is 3. The summed E-state index contributed by atoms with van der Waals surface area (Å²) in [6, 6.07) is 12.0. The molecule has 2 heterocycles. The lowest BCUT2D eigenvalue weighted by molar-refractivity contribution is -0.116. The molecule has 9 heteroatoms. The zero-order valence-electron chi connectivity index (χ0n) is 22.7. The number of amides is 1. The average molecular weight is 539 g/mol. The van der Waals surface area contributed by atoms with Gasteiger partial charge in [0, 0.05) is 44.3 Å². The van der Waals surface area contributed by atoms with Crippen molar-refractivity contribution in [2.24, 2.45) is 11.8 Å². The smallest absolute Gasteiger partial charge is 0.264 e. The molecule has 0 atom stereocenters. The summed E-state index contributed by atoms with van der Waals surface area (Å²) in [6.45, 7) is 8.94. The Morgan fingerprint density at radius 1 is 1.05 bits per heavy atom. The van der Waals surface area contributed by atoms with E-state index in [0.717, 1.165) is 62.3 Å². The fourth-order valence-electron chi connectivity index (χ4n) is 5.06. The number of aromatic nitrogens is 2. The molecule has 0 unspecified atom stereocenters. The molecule has 38 heavy (non-hydrogen) atoms. The number of nitrogens with one attached hydrogen (secondary N) is 1. The zero-order chi connectivity index (χ0) is 27.1. The van der Waals surface area contributed by atoms with Gasteiger partial charge in [0.15, 0.2) is 0 Å². The van der Waals surface area contributed by atoms with Gasteiger partial charge in [0.25, 0.3) is 10.0 Å². The van der Waals surface area contributed by atoms with E-state index < -0.39 is 10.0 Å². The van der Waals surface area contributed by atoms with E-state index in [0.29, 0.717) is 29.6 Å². The first-order valence-electron chi connectivity index (χ1n) is 13.5. The van der Waals surface area contributed by atoms with Crippen LogP contribution in [0.1, 0.15) is 58.7 Å². The van der Waals surface area contributed by atoms with Gasteiger partial charge in [-0.05, 0) is 80.0 Å². The molecule has 2 aromatic carbocycles. The molecule has 204 valence electrons. The van der Waals surface area contributed by atoms with E-state index in [-0.39, 0.29) is 16.2 Å². The highest BCUT2D eigenvalue weighted by molar-refractivity contribution is 7.92. The third kappa shape index (κ3) is 5.73. The number of sulfonamides is 1. The summed E-state index contributed by atoms with van der Waals surface area (Å²) in [4.78, 5) is 17.2. The lowest BCUT2D eigenvalue weighted by Gasteiger charge is -2.26. The summed E-state index contributed by atoms with van der Waals surface area (Å²) in [7, 11) is -2.24. The Bertz CT molecular complexity index is 1410. The Morgan fingerprint density at radius 3 is 2.37 bits per heavy atom. The molecule has 1 amide bonds. The van der Waals surface area contributed by atoms with Gasteiger partial charge in [0.05, 0.1) is 21.6 Å². The highest BCUT2D eigenvalue weighted by atomic mass is 32.2. The van der Waals surface area contributed by atoms with Crippen molar-refractivity contribution in [2.45, 2.75) is 69.7 Å². The number of benzene rings is 2. The fourth-order valence-corrected chi connectivity index (χ4v) is 6.25. The maximum absolute atomic E-state index is 13.5. The number of imidazole rings is 1. The molecule has 1 aliphatic heterocycles. The van der Waals surface area contributed by atoms with Crippen molar-refractivity contribution in [1.82, 2.24) is 9.55 Å². The van der Waals surface area contributed by atoms with Gasteiger partial charge in [-0.2, -0.15) is 0 Å². The summed E-state index contributed by atoms with van der Waals surface area (Å²) in [5.41, 5.74) is 2.80. The summed E-state index contributed by atoms with van der Waals surface area (Å²) in [5, 5.41) is 2.86.